The van der Waals surface area contributed by atoms with E-state index in [9.17, 15) is 4.79 Å². The van der Waals surface area contributed by atoms with Gasteiger partial charge in [-0.3, -0.25) is 4.79 Å². The molecule has 0 radical (unpaired) electrons. The van der Waals surface area contributed by atoms with E-state index in [1.54, 1.807) is 30.3 Å². The second-order valence-corrected chi connectivity index (χ2v) is 4.82. The average molecular weight is 270 g/mol. The van der Waals surface area contributed by atoms with Gasteiger partial charge in [0, 0.05) is 17.0 Å². The van der Waals surface area contributed by atoms with Gasteiger partial charge in [0.1, 0.15) is 0 Å². The number of carbonyl (C=O) groups is 1. The van der Waals surface area contributed by atoms with Gasteiger partial charge in [-0.25, -0.2) is 0 Å². The van der Waals surface area contributed by atoms with Gasteiger partial charge < -0.3 is 0 Å². The Balaban J connectivity index is 2.29. The molecule has 0 spiro atoms. The van der Waals surface area contributed by atoms with E-state index in [1.165, 1.54) is 0 Å². The molecule has 0 aliphatic carbocycles. The molecule has 0 saturated heterocycles. The molecule has 0 unspecified atom stereocenters. The molecule has 2 rings (SSSR count). The second-order valence-electron chi connectivity index (χ2n) is 4.38. The van der Waals surface area contributed by atoms with Gasteiger partial charge in [-0.2, -0.15) is 5.26 Å². The summed E-state index contributed by atoms with van der Waals surface area (Å²) in [5.74, 6) is -0.0374. The third-order valence-corrected chi connectivity index (χ3v) is 3.11. The predicted octanol–water partition coefficient (Wildman–Crippen LogP) is 3.95. The molecule has 2 aromatic rings. The molecule has 3 heteroatoms. The molecule has 0 N–H and O–H groups in total. The van der Waals surface area contributed by atoms with E-state index in [-0.39, 0.29) is 12.2 Å². The van der Waals surface area contributed by atoms with E-state index in [0.29, 0.717) is 16.1 Å². The van der Waals surface area contributed by atoms with Crippen LogP contribution in [0.2, 0.25) is 5.02 Å². The quantitative estimate of drug-likeness (QED) is 0.792. The summed E-state index contributed by atoms with van der Waals surface area (Å²) in [4.78, 5) is 12.2. The summed E-state index contributed by atoms with van der Waals surface area (Å²) in [7, 11) is 0. The fourth-order valence-electron chi connectivity index (χ4n) is 1.91. The molecule has 94 valence electrons. The number of nitriles is 1. The molecule has 2 nitrogen and oxygen atoms in total. The number of carbonyl (C=O) groups excluding carboxylic acids is 1. The van der Waals surface area contributed by atoms with Crippen LogP contribution in [-0.4, -0.2) is 5.78 Å². The summed E-state index contributed by atoms with van der Waals surface area (Å²) < 4.78 is 0. The van der Waals surface area contributed by atoms with Crippen molar-refractivity contribution in [2.75, 3.05) is 0 Å². The molecule has 0 bridgehead atoms. The monoisotopic (exact) mass is 269 g/mol. The number of ketones is 1. The molecule has 0 aliphatic rings. The van der Waals surface area contributed by atoms with E-state index in [4.69, 9.17) is 16.9 Å². The molecule has 2 aromatic carbocycles. The van der Waals surface area contributed by atoms with E-state index in [2.05, 4.69) is 6.07 Å². The third kappa shape index (κ3) is 3.21. The van der Waals surface area contributed by atoms with Crippen molar-refractivity contribution in [2.24, 2.45) is 0 Å². The molecule has 0 fully saturated rings. The lowest BCUT2D eigenvalue weighted by Gasteiger charge is -2.05. The van der Waals surface area contributed by atoms with Gasteiger partial charge in [-0.15, -0.1) is 0 Å². The lowest BCUT2D eigenvalue weighted by molar-refractivity contribution is 0.0993. The molecule has 0 amide bonds. The minimum atomic E-state index is -0.0374. The van der Waals surface area contributed by atoms with Crippen molar-refractivity contribution in [3.05, 3.63) is 69.7 Å². The summed E-state index contributed by atoms with van der Waals surface area (Å²) in [5.41, 5.74) is 2.90. The first-order valence-corrected chi connectivity index (χ1v) is 6.26. The zero-order valence-electron chi connectivity index (χ0n) is 10.5. The van der Waals surface area contributed by atoms with Crippen LogP contribution in [0, 0.1) is 18.3 Å². The molecule has 0 aliphatic heterocycles. The minimum absolute atomic E-state index is 0.0374. The highest BCUT2D eigenvalue weighted by Crippen LogP contribution is 2.16. The van der Waals surface area contributed by atoms with Crippen molar-refractivity contribution < 1.29 is 4.79 Å². The Kier molecular flexibility index (Phi) is 3.99. The summed E-state index contributed by atoms with van der Waals surface area (Å²) in [6.45, 7) is 1.94. The van der Waals surface area contributed by atoms with E-state index in [0.717, 1.165) is 11.1 Å². The lowest BCUT2D eigenvalue weighted by Crippen LogP contribution is -2.05. The molecule has 0 aromatic heterocycles. The molecule has 0 atom stereocenters. The normalized spacial score (nSPS) is 9.95. The zero-order chi connectivity index (χ0) is 13.8. The van der Waals surface area contributed by atoms with Crippen LogP contribution in [0.3, 0.4) is 0 Å². The van der Waals surface area contributed by atoms with Crippen LogP contribution >= 0.6 is 11.6 Å². The summed E-state index contributed by atoms with van der Waals surface area (Å²) in [6.07, 6.45) is 0.213. The number of rotatable bonds is 3. The maximum absolute atomic E-state index is 12.2. The van der Waals surface area contributed by atoms with Crippen LogP contribution in [0.25, 0.3) is 0 Å². The van der Waals surface area contributed by atoms with Crippen LogP contribution in [0.15, 0.2) is 42.5 Å². The maximum Gasteiger partial charge on any atom is 0.167 e. The zero-order valence-corrected chi connectivity index (χ0v) is 11.2. The van der Waals surface area contributed by atoms with Crippen molar-refractivity contribution in [2.45, 2.75) is 13.3 Å². The highest BCUT2D eigenvalue weighted by Gasteiger charge is 2.11. The van der Waals surface area contributed by atoms with Gasteiger partial charge in [0.05, 0.1) is 11.6 Å². The van der Waals surface area contributed by atoms with Gasteiger partial charge in [-0.1, -0.05) is 41.4 Å². The molecular weight excluding hydrogens is 258 g/mol. The molecule has 19 heavy (non-hydrogen) atoms. The Morgan fingerprint density at radius 3 is 2.74 bits per heavy atom. The number of hydrogen-bond acceptors (Lipinski definition) is 2. The fraction of sp³-hybridized carbons (Fsp3) is 0.125. The topological polar surface area (TPSA) is 40.9 Å². The third-order valence-electron chi connectivity index (χ3n) is 2.88. The average Bonchev–Trinajstić information content (AvgIpc) is 2.39. The van der Waals surface area contributed by atoms with Crippen molar-refractivity contribution in [3.63, 3.8) is 0 Å². The highest BCUT2D eigenvalue weighted by molar-refractivity contribution is 6.31. The standard InChI is InChI=1S/C16H12ClNO/c1-11-5-6-13(10-18)14(7-11)9-16(19)12-3-2-4-15(17)8-12/h2-8H,9H2,1H3. The van der Waals surface area contributed by atoms with Crippen LogP contribution in [0.4, 0.5) is 0 Å². The first-order valence-electron chi connectivity index (χ1n) is 5.88. The Morgan fingerprint density at radius 2 is 2.05 bits per heavy atom. The minimum Gasteiger partial charge on any atom is -0.294 e. The highest BCUT2D eigenvalue weighted by atomic mass is 35.5. The Hall–Kier alpha value is -2.11. The number of nitrogens with zero attached hydrogens (tertiary/aromatic N) is 1. The van der Waals surface area contributed by atoms with Gasteiger partial charge in [0.25, 0.3) is 0 Å². The summed E-state index contributed by atoms with van der Waals surface area (Å²) in [5, 5.41) is 9.59. The van der Waals surface area contributed by atoms with Crippen LogP contribution < -0.4 is 0 Å². The number of Topliss-reactive ketones (excluding diaryl/α,β-unsaturated/α-hetero) is 1. The SMILES string of the molecule is Cc1ccc(C#N)c(CC(=O)c2cccc(Cl)c2)c1. The van der Waals surface area contributed by atoms with Gasteiger partial charge >= 0.3 is 0 Å². The predicted molar refractivity (Wildman–Crippen MR) is 75.4 cm³/mol. The van der Waals surface area contributed by atoms with Crippen molar-refractivity contribution in [1.29, 1.82) is 5.26 Å². The number of aryl methyl sites for hydroxylation is 1. The van der Waals surface area contributed by atoms with E-state index < -0.39 is 0 Å². The second kappa shape index (κ2) is 5.69. The maximum atomic E-state index is 12.2. The van der Waals surface area contributed by atoms with Crippen molar-refractivity contribution >= 4 is 17.4 Å². The Morgan fingerprint density at radius 1 is 1.26 bits per heavy atom. The van der Waals surface area contributed by atoms with Gasteiger partial charge in [0.15, 0.2) is 5.78 Å². The summed E-state index contributed by atoms with van der Waals surface area (Å²) >= 11 is 5.87. The van der Waals surface area contributed by atoms with Crippen LogP contribution in [0.1, 0.15) is 27.0 Å². The first-order chi connectivity index (χ1) is 9.10. The molecule has 0 saturated carbocycles. The number of benzene rings is 2. The lowest BCUT2D eigenvalue weighted by atomic mass is 9.98. The smallest absolute Gasteiger partial charge is 0.167 e. The van der Waals surface area contributed by atoms with E-state index >= 15 is 0 Å². The first kappa shape index (κ1) is 13.3. The van der Waals surface area contributed by atoms with Crippen LogP contribution in [-0.2, 0) is 6.42 Å². The summed E-state index contributed by atoms with van der Waals surface area (Å²) in [6, 6.07) is 14.5. The van der Waals surface area contributed by atoms with Crippen LogP contribution in [0.5, 0.6) is 0 Å². The molecule has 0 heterocycles. The number of halogens is 1. The van der Waals surface area contributed by atoms with E-state index in [1.807, 2.05) is 19.1 Å². The van der Waals surface area contributed by atoms with Gasteiger partial charge in [0.2, 0.25) is 0 Å². The fourth-order valence-corrected chi connectivity index (χ4v) is 2.11. The number of hydrogen-bond donors (Lipinski definition) is 0. The van der Waals surface area contributed by atoms with Gasteiger partial charge in [-0.05, 0) is 30.7 Å². The Labute approximate surface area is 117 Å². The molecular formula is C16H12ClNO. The van der Waals surface area contributed by atoms with Crippen molar-refractivity contribution in [3.8, 4) is 6.07 Å². The Bertz CT molecular complexity index is 671. The van der Waals surface area contributed by atoms with Crippen molar-refractivity contribution in [1.82, 2.24) is 0 Å². The largest absolute Gasteiger partial charge is 0.294 e.